The van der Waals surface area contributed by atoms with Crippen LogP contribution in [0.2, 0.25) is 0 Å². The summed E-state index contributed by atoms with van der Waals surface area (Å²) in [6, 6.07) is 5.54. The van der Waals surface area contributed by atoms with Crippen molar-refractivity contribution in [2.24, 2.45) is 5.41 Å². The van der Waals surface area contributed by atoms with E-state index in [9.17, 15) is 4.79 Å². The highest BCUT2D eigenvalue weighted by Crippen LogP contribution is 2.47. The average Bonchev–Trinajstić information content (AvgIpc) is 2.45. The minimum atomic E-state index is -1.46. The predicted octanol–water partition coefficient (Wildman–Crippen LogP) is 5.35. The second kappa shape index (κ2) is 6.83. The van der Waals surface area contributed by atoms with E-state index >= 15 is 0 Å². The number of methoxy groups -OCH3 is 1. The standard InChI is InChI=1S/C16H17BrCl3NO2/c1-15(2,14(22)23-3)13-12-10(5-4-6-11(12)17)7-8-21(13)9-16(18,19)20/h4-8,13H,9H2,1-3H3. The van der Waals surface area contributed by atoms with Crippen LogP contribution in [0.25, 0.3) is 6.08 Å². The molecule has 0 saturated heterocycles. The van der Waals surface area contributed by atoms with Crippen molar-refractivity contribution in [3.8, 4) is 0 Å². The van der Waals surface area contributed by atoms with Gasteiger partial charge in [-0.3, -0.25) is 4.79 Å². The summed E-state index contributed by atoms with van der Waals surface area (Å²) in [5, 5.41) is 0. The molecule has 0 saturated carbocycles. The number of benzene rings is 1. The van der Waals surface area contributed by atoms with Crippen molar-refractivity contribution in [1.82, 2.24) is 4.90 Å². The smallest absolute Gasteiger partial charge is 0.313 e. The van der Waals surface area contributed by atoms with Gasteiger partial charge >= 0.3 is 5.97 Å². The first-order valence-electron chi connectivity index (χ1n) is 6.95. The van der Waals surface area contributed by atoms with Crippen LogP contribution in [-0.4, -0.2) is 28.3 Å². The summed E-state index contributed by atoms with van der Waals surface area (Å²) < 4.78 is 4.43. The van der Waals surface area contributed by atoms with E-state index in [1.807, 2.05) is 49.2 Å². The number of hydrogen-bond donors (Lipinski definition) is 0. The van der Waals surface area contributed by atoms with Crippen molar-refractivity contribution >= 4 is 62.8 Å². The highest BCUT2D eigenvalue weighted by molar-refractivity contribution is 9.10. The number of carbonyl (C=O) groups is 1. The van der Waals surface area contributed by atoms with Gasteiger partial charge in [0.2, 0.25) is 3.79 Å². The molecule has 23 heavy (non-hydrogen) atoms. The zero-order valence-electron chi connectivity index (χ0n) is 12.9. The zero-order chi connectivity index (χ0) is 17.4. The van der Waals surface area contributed by atoms with Gasteiger partial charge in [-0.1, -0.05) is 62.9 Å². The Morgan fingerprint density at radius 2 is 2.00 bits per heavy atom. The Balaban J connectivity index is 2.59. The third-order valence-corrected chi connectivity index (χ3v) is 4.94. The molecule has 0 fully saturated rings. The molecule has 7 heteroatoms. The van der Waals surface area contributed by atoms with E-state index in [1.165, 1.54) is 7.11 Å². The molecule has 126 valence electrons. The summed E-state index contributed by atoms with van der Waals surface area (Å²) in [7, 11) is 1.38. The number of halogens is 4. The van der Waals surface area contributed by atoms with Crippen LogP contribution in [0.3, 0.4) is 0 Å². The topological polar surface area (TPSA) is 29.5 Å². The molecular formula is C16H17BrCl3NO2. The molecule has 1 aliphatic rings. The molecule has 0 aromatic heterocycles. The monoisotopic (exact) mass is 439 g/mol. The molecule has 0 spiro atoms. The first-order valence-corrected chi connectivity index (χ1v) is 8.88. The Morgan fingerprint density at radius 3 is 2.57 bits per heavy atom. The van der Waals surface area contributed by atoms with Gasteiger partial charge in [0.05, 0.1) is 25.1 Å². The third-order valence-electron chi connectivity index (χ3n) is 3.89. The first kappa shape index (κ1) is 18.9. The van der Waals surface area contributed by atoms with Crippen molar-refractivity contribution in [2.75, 3.05) is 13.7 Å². The second-order valence-electron chi connectivity index (χ2n) is 5.96. The van der Waals surface area contributed by atoms with Crippen LogP contribution in [-0.2, 0) is 9.53 Å². The molecular weight excluding hydrogens is 424 g/mol. The van der Waals surface area contributed by atoms with Crippen LogP contribution >= 0.6 is 50.7 Å². The molecule has 1 atom stereocenters. The number of rotatable bonds is 3. The normalized spacial score (nSPS) is 17.9. The van der Waals surface area contributed by atoms with Gasteiger partial charge in [-0.2, -0.15) is 0 Å². The molecule has 0 bridgehead atoms. The van der Waals surface area contributed by atoms with Crippen LogP contribution in [0, 0.1) is 5.41 Å². The van der Waals surface area contributed by atoms with Crippen molar-refractivity contribution in [2.45, 2.75) is 23.7 Å². The minimum absolute atomic E-state index is 0.153. The largest absolute Gasteiger partial charge is 0.469 e. The highest BCUT2D eigenvalue weighted by atomic mass is 79.9. The van der Waals surface area contributed by atoms with Gasteiger partial charge in [0.25, 0.3) is 0 Å². The van der Waals surface area contributed by atoms with Crippen LogP contribution in [0.5, 0.6) is 0 Å². The second-order valence-corrected chi connectivity index (χ2v) is 9.33. The van der Waals surface area contributed by atoms with Gasteiger partial charge in [-0.15, -0.1) is 0 Å². The quantitative estimate of drug-likeness (QED) is 0.468. The lowest BCUT2D eigenvalue weighted by molar-refractivity contribution is -0.154. The number of alkyl halides is 3. The van der Waals surface area contributed by atoms with E-state index in [1.54, 1.807) is 0 Å². The molecule has 0 aliphatic carbocycles. The lowest BCUT2D eigenvalue weighted by Gasteiger charge is -2.44. The number of esters is 1. The fourth-order valence-corrected chi connectivity index (χ4v) is 3.93. The van der Waals surface area contributed by atoms with Crippen molar-refractivity contribution in [3.63, 3.8) is 0 Å². The number of hydrogen-bond acceptors (Lipinski definition) is 3. The van der Waals surface area contributed by atoms with E-state index in [4.69, 9.17) is 39.5 Å². The molecule has 2 rings (SSSR count). The lowest BCUT2D eigenvalue weighted by Crippen LogP contribution is -2.45. The number of fused-ring (bicyclic) bond motifs is 1. The van der Waals surface area contributed by atoms with Gasteiger partial charge in [0.15, 0.2) is 0 Å². The van der Waals surface area contributed by atoms with Crippen molar-refractivity contribution < 1.29 is 9.53 Å². The Labute approximate surface area is 159 Å². The average molecular weight is 442 g/mol. The summed E-state index contributed by atoms with van der Waals surface area (Å²) >= 11 is 21.6. The molecule has 3 nitrogen and oxygen atoms in total. The van der Waals surface area contributed by atoms with Gasteiger partial charge in [-0.25, -0.2) is 0 Å². The Kier molecular flexibility index (Phi) is 5.62. The van der Waals surface area contributed by atoms with E-state index in [2.05, 4.69) is 15.9 Å². The van der Waals surface area contributed by atoms with Crippen LogP contribution in [0.1, 0.15) is 31.0 Å². The molecule has 1 aliphatic heterocycles. The molecule has 1 aromatic rings. The Morgan fingerprint density at radius 1 is 1.35 bits per heavy atom. The number of ether oxygens (including phenoxy) is 1. The lowest BCUT2D eigenvalue weighted by atomic mass is 9.77. The predicted molar refractivity (Wildman–Crippen MR) is 98.7 cm³/mol. The van der Waals surface area contributed by atoms with Crippen molar-refractivity contribution in [1.29, 1.82) is 0 Å². The van der Waals surface area contributed by atoms with Crippen LogP contribution in [0.4, 0.5) is 0 Å². The molecule has 1 heterocycles. The molecule has 0 radical (unpaired) electrons. The summed E-state index contributed by atoms with van der Waals surface area (Å²) in [6.07, 6.45) is 3.80. The van der Waals surface area contributed by atoms with E-state index in [0.29, 0.717) is 0 Å². The first-order chi connectivity index (χ1) is 10.6. The minimum Gasteiger partial charge on any atom is -0.469 e. The zero-order valence-corrected chi connectivity index (χ0v) is 16.8. The summed E-state index contributed by atoms with van der Waals surface area (Å²) in [6.45, 7) is 3.81. The van der Waals surface area contributed by atoms with Crippen LogP contribution < -0.4 is 0 Å². The highest BCUT2D eigenvalue weighted by Gasteiger charge is 2.45. The molecule has 0 N–H and O–H groups in total. The Hall–Kier alpha value is -0.420. The van der Waals surface area contributed by atoms with E-state index < -0.39 is 9.21 Å². The van der Waals surface area contributed by atoms with Gasteiger partial charge in [0.1, 0.15) is 0 Å². The van der Waals surface area contributed by atoms with Gasteiger partial charge in [0, 0.05) is 10.7 Å². The molecule has 1 unspecified atom stereocenters. The maximum Gasteiger partial charge on any atom is 0.313 e. The van der Waals surface area contributed by atoms with Crippen molar-refractivity contribution in [3.05, 3.63) is 40.0 Å². The van der Waals surface area contributed by atoms with E-state index in [0.717, 1.165) is 15.6 Å². The number of carbonyl (C=O) groups excluding carboxylic acids is 1. The molecule has 1 aromatic carbocycles. The molecule has 0 amide bonds. The maximum atomic E-state index is 12.4. The Bertz CT molecular complexity index is 641. The van der Waals surface area contributed by atoms with E-state index in [-0.39, 0.29) is 18.6 Å². The summed E-state index contributed by atoms with van der Waals surface area (Å²) in [4.78, 5) is 14.2. The van der Waals surface area contributed by atoms with Gasteiger partial charge in [-0.05, 0) is 37.1 Å². The van der Waals surface area contributed by atoms with Crippen LogP contribution in [0.15, 0.2) is 28.9 Å². The maximum absolute atomic E-state index is 12.4. The fraction of sp³-hybridized carbons (Fsp3) is 0.438. The number of nitrogens with zero attached hydrogens (tertiary/aromatic N) is 1. The SMILES string of the molecule is COC(=O)C(C)(C)C1c2c(Br)cccc2C=CN1CC(Cl)(Cl)Cl. The summed E-state index contributed by atoms with van der Waals surface area (Å²) in [5.41, 5.74) is 1.15. The summed E-state index contributed by atoms with van der Waals surface area (Å²) in [5.74, 6) is -0.325. The fourth-order valence-electron chi connectivity index (χ4n) is 2.92. The van der Waals surface area contributed by atoms with Gasteiger partial charge < -0.3 is 9.64 Å². The third kappa shape index (κ3) is 3.98.